The molecular formula is C15H16ClNO3S2. The van der Waals surface area contributed by atoms with E-state index in [1.165, 1.54) is 4.31 Å². The largest absolute Gasteiger partial charge is 0.371 e. The number of hydrogen-bond acceptors (Lipinski definition) is 4. The number of aryl methyl sites for hydroxylation is 1. The number of rotatable bonds is 3. The van der Waals surface area contributed by atoms with Gasteiger partial charge in [0.05, 0.1) is 17.0 Å². The van der Waals surface area contributed by atoms with Gasteiger partial charge in [-0.05, 0) is 30.2 Å². The first-order chi connectivity index (χ1) is 10.5. The number of ether oxygens (including phenoxy) is 1. The summed E-state index contributed by atoms with van der Waals surface area (Å²) in [6, 6.07) is 11.1. The third-order valence-corrected chi connectivity index (χ3v) is 7.27. The normalized spacial score (nSPS) is 20.2. The molecule has 0 aliphatic carbocycles. The van der Waals surface area contributed by atoms with Crippen molar-refractivity contribution in [1.29, 1.82) is 0 Å². The van der Waals surface area contributed by atoms with Crippen LogP contribution in [0, 0.1) is 6.92 Å². The van der Waals surface area contributed by atoms with Gasteiger partial charge >= 0.3 is 0 Å². The highest BCUT2D eigenvalue weighted by atomic mass is 35.5. The molecule has 7 heteroatoms. The Morgan fingerprint density at radius 1 is 1.27 bits per heavy atom. The van der Waals surface area contributed by atoms with Crippen molar-refractivity contribution >= 4 is 33.0 Å². The van der Waals surface area contributed by atoms with Crippen molar-refractivity contribution < 1.29 is 13.2 Å². The number of halogens is 1. The van der Waals surface area contributed by atoms with Crippen LogP contribution in [0.2, 0.25) is 4.34 Å². The lowest BCUT2D eigenvalue weighted by Crippen LogP contribution is -2.42. The molecule has 1 fully saturated rings. The van der Waals surface area contributed by atoms with Gasteiger partial charge in [-0.25, -0.2) is 8.42 Å². The minimum atomic E-state index is -3.51. The molecule has 0 bridgehead atoms. The highest BCUT2D eigenvalue weighted by Crippen LogP contribution is 2.32. The molecule has 1 aromatic heterocycles. The van der Waals surface area contributed by atoms with Crippen LogP contribution in [0.5, 0.6) is 0 Å². The van der Waals surface area contributed by atoms with Crippen LogP contribution in [-0.4, -0.2) is 32.4 Å². The van der Waals surface area contributed by atoms with Crippen LogP contribution in [0.15, 0.2) is 40.6 Å². The Balaban J connectivity index is 1.86. The zero-order chi connectivity index (χ0) is 15.7. The van der Waals surface area contributed by atoms with E-state index >= 15 is 0 Å². The Morgan fingerprint density at radius 3 is 2.73 bits per heavy atom. The van der Waals surface area contributed by atoms with Crippen molar-refractivity contribution in [2.75, 3.05) is 19.7 Å². The Bertz CT molecular complexity index is 773. The summed E-state index contributed by atoms with van der Waals surface area (Å²) in [5.74, 6) is 0. The van der Waals surface area contributed by atoms with E-state index in [-0.39, 0.29) is 10.3 Å². The predicted octanol–water partition coefficient (Wildman–Crippen LogP) is 3.47. The van der Waals surface area contributed by atoms with E-state index < -0.39 is 10.0 Å². The molecule has 0 spiro atoms. The van der Waals surface area contributed by atoms with E-state index in [1.807, 2.05) is 31.2 Å². The second-order valence-electron chi connectivity index (χ2n) is 5.14. The first kappa shape index (κ1) is 16.0. The molecule has 1 saturated heterocycles. The van der Waals surface area contributed by atoms with Gasteiger partial charge < -0.3 is 4.74 Å². The maximum atomic E-state index is 12.7. The van der Waals surface area contributed by atoms with Crippen molar-refractivity contribution in [2.45, 2.75) is 17.2 Å². The fourth-order valence-corrected chi connectivity index (χ4v) is 5.61. The number of benzene rings is 1. The molecule has 0 amide bonds. The van der Waals surface area contributed by atoms with Gasteiger partial charge in [0, 0.05) is 13.1 Å². The Labute approximate surface area is 139 Å². The van der Waals surface area contributed by atoms with E-state index in [9.17, 15) is 8.42 Å². The minimum Gasteiger partial charge on any atom is -0.371 e. The summed E-state index contributed by atoms with van der Waals surface area (Å²) in [5.41, 5.74) is 2.14. The number of thiophene rings is 1. The number of sulfonamides is 1. The zero-order valence-electron chi connectivity index (χ0n) is 12.0. The number of nitrogens with zero attached hydrogens (tertiary/aromatic N) is 1. The van der Waals surface area contributed by atoms with Crippen molar-refractivity contribution in [3.05, 3.63) is 51.9 Å². The standard InChI is InChI=1S/C15H16ClNO3S2/c1-11-4-2-3-5-12(11)13-10-17(8-9-20-13)22(18,19)15-7-6-14(16)21-15/h2-7,13H,8-10H2,1H3. The summed E-state index contributed by atoms with van der Waals surface area (Å²) in [6.45, 7) is 3.07. The number of hydrogen-bond donors (Lipinski definition) is 0. The van der Waals surface area contributed by atoms with Crippen molar-refractivity contribution in [3.63, 3.8) is 0 Å². The Morgan fingerprint density at radius 2 is 2.05 bits per heavy atom. The molecule has 0 radical (unpaired) electrons. The van der Waals surface area contributed by atoms with Crippen LogP contribution >= 0.6 is 22.9 Å². The Kier molecular flexibility index (Phi) is 4.56. The summed E-state index contributed by atoms with van der Waals surface area (Å²) >= 11 is 6.95. The molecule has 4 nitrogen and oxygen atoms in total. The average Bonchev–Trinajstić information content (AvgIpc) is 2.95. The molecule has 0 N–H and O–H groups in total. The SMILES string of the molecule is Cc1ccccc1C1CN(S(=O)(=O)c2ccc(Cl)s2)CCO1. The van der Waals surface area contributed by atoms with Gasteiger partial charge in [-0.3, -0.25) is 0 Å². The third-order valence-electron chi connectivity index (χ3n) is 3.71. The highest BCUT2D eigenvalue weighted by molar-refractivity contribution is 7.91. The van der Waals surface area contributed by atoms with E-state index in [4.69, 9.17) is 16.3 Å². The molecule has 1 atom stereocenters. The summed E-state index contributed by atoms with van der Waals surface area (Å²) in [7, 11) is -3.51. The molecule has 1 aliphatic heterocycles. The summed E-state index contributed by atoms with van der Waals surface area (Å²) in [5, 5.41) is 0. The summed E-state index contributed by atoms with van der Waals surface area (Å²) < 4.78 is 33.4. The van der Waals surface area contributed by atoms with Gasteiger partial charge in [-0.15, -0.1) is 11.3 Å². The molecule has 22 heavy (non-hydrogen) atoms. The second kappa shape index (κ2) is 6.29. The van der Waals surface area contributed by atoms with Gasteiger partial charge in [-0.1, -0.05) is 35.9 Å². The zero-order valence-corrected chi connectivity index (χ0v) is 14.4. The first-order valence-electron chi connectivity index (χ1n) is 6.91. The van der Waals surface area contributed by atoms with Gasteiger partial charge in [0.25, 0.3) is 10.0 Å². The topological polar surface area (TPSA) is 46.6 Å². The number of morpholine rings is 1. The molecule has 2 heterocycles. The van der Waals surface area contributed by atoms with Crippen LogP contribution in [0.3, 0.4) is 0 Å². The van der Waals surface area contributed by atoms with Crippen LogP contribution in [0.25, 0.3) is 0 Å². The highest BCUT2D eigenvalue weighted by Gasteiger charge is 2.32. The maximum Gasteiger partial charge on any atom is 0.252 e. The molecule has 118 valence electrons. The second-order valence-corrected chi connectivity index (χ2v) is 9.02. The molecular weight excluding hydrogens is 342 g/mol. The Hall–Kier alpha value is -0.920. The monoisotopic (exact) mass is 357 g/mol. The minimum absolute atomic E-state index is 0.236. The molecule has 1 aromatic carbocycles. The third kappa shape index (κ3) is 3.07. The lowest BCUT2D eigenvalue weighted by atomic mass is 10.0. The van der Waals surface area contributed by atoms with E-state index in [0.29, 0.717) is 24.0 Å². The van der Waals surface area contributed by atoms with Crippen molar-refractivity contribution in [1.82, 2.24) is 4.31 Å². The fourth-order valence-electron chi connectivity index (χ4n) is 2.54. The van der Waals surface area contributed by atoms with Gasteiger partial charge in [0.2, 0.25) is 0 Å². The van der Waals surface area contributed by atoms with Crippen molar-refractivity contribution in [3.8, 4) is 0 Å². The maximum absolute atomic E-state index is 12.7. The van der Waals surface area contributed by atoms with Crippen molar-refractivity contribution in [2.24, 2.45) is 0 Å². The quantitative estimate of drug-likeness (QED) is 0.845. The molecule has 1 unspecified atom stereocenters. The van der Waals surface area contributed by atoms with Gasteiger partial charge in [-0.2, -0.15) is 4.31 Å². The fraction of sp³-hybridized carbons (Fsp3) is 0.333. The smallest absolute Gasteiger partial charge is 0.252 e. The van der Waals surface area contributed by atoms with E-state index in [2.05, 4.69) is 0 Å². The van der Waals surface area contributed by atoms with Crippen LogP contribution in [-0.2, 0) is 14.8 Å². The van der Waals surface area contributed by atoms with E-state index in [1.54, 1.807) is 12.1 Å². The lowest BCUT2D eigenvalue weighted by molar-refractivity contribution is -0.00283. The summed E-state index contributed by atoms with van der Waals surface area (Å²) in [4.78, 5) is 0. The molecule has 1 aliphatic rings. The van der Waals surface area contributed by atoms with Gasteiger partial charge in [0.1, 0.15) is 4.21 Å². The van der Waals surface area contributed by atoms with E-state index in [0.717, 1.165) is 22.5 Å². The van der Waals surface area contributed by atoms with Gasteiger partial charge in [0.15, 0.2) is 0 Å². The van der Waals surface area contributed by atoms with Crippen LogP contribution in [0.4, 0.5) is 0 Å². The predicted molar refractivity (Wildman–Crippen MR) is 88.0 cm³/mol. The molecule has 2 aromatic rings. The molecule has 3 rings (SSSR count). The summed E-state index contributed by atoms with van der Waals surface area (Å²) in [6.07, 6.45) is -0.236. The average molecular weight is 358 g/mol. The van der Waals surface area contributed by atoms with Crippen LogP contribution < -0.4 is 0 Å². The lowest BCUT2D eigenvalue weighted by Gasteiger charge is -2.32. The first-order valence-corrected chi connectivity index (χ1v) is 9.54. The van der Waals surface area contributed by atoms with Crippen LogP contribution in [0.1, 0.15) is 17.2 Å². The molecule has 0 saturated carbocycles.